The van der Waals surface area contributed by atoms with Crippen molar-refractivity contribution in [1.29, 1.82) is 0 Å². The fourth-order valence-electron chi connectivity index (χ4n) is 6.58. The van der Waals surface area contributed by atoms with Crippen molar-refractivity contribution in [2.45, 2.75) is 64.0 Å². The molecule has 6 heteroatoms. The third-order valence-electron chi connectivity index (χ3n) is 9.15. The Bertz CT molecular complexity index is 1340. The molecule has 3 aromatic carbocycles. The van der Waals surface area contributed by atoms with Gasteiger partial charge in [0.1, 0.15) is 0 Å². The second-order valence-electron chi connectivity index (χ2n) is 12.5. The van der Waals surface area contributed by atoms with Gasteiger partial charge in [-0.05, 0) is 81.0 Å². The van der Waals surface area contributed by atoms with Gasteiger partial charge in [-0.25, -0.2) is 0 Å². The molecule has 0 unspecified atom stereocenters. The van der Waals surface area contributed by atoms with Crippen molar-refractivity contribution in [3.8, 4) is 0 Å². The first-order chi connectivity index (χ1) is 21.5. The number of benzene rings is 3. The maximum absolute atomic E-state index is 14.2. The monoisotopic (exact) mass is 592 g/mol. The van der Waals surface area contributed by atoms with Crippen molar-refractivity contribution in [3.63, 3.8) is 0 Å². The number of piperidine rings is 1. The van der Waals surface area contributed by atoms with E-state index >= 15 is 0 Å². The molecule has 232 valence electrons. The summed E-state index contributed by atoms with van der Waals surface area (Å²) in [6.45, 7) is 9.04. The van der Waals surface area contributed by atoms with Crippen molar-refractivity contribution in [3.05, 3.63) is 113 Å². The smallest absolute Gasteiger partial charge is 0.244 e. The molecule has 5 rings (SSSR count). The molecule has 2 amide bonds. The number of rotatable bonds is 11. The Morgan fingerprint density at radius 3 is 2.27 bits per heavy atom. The zero-order valence-corrected chi connectivity index (χ0v) is 26.4. The van der Waals surface area contributed by atoms with E-state index in [1.54, 1.807) is 6.08 Å². The summed E-state index contributed by atoms with van der Waals surface area (Å²) in [7, 11) is 0. The second kappa shape index (κ2) is 15.8. The Balaban J connectivity index is 1.28. The van der Waals surface area contributed by atoms with E-state index in [2.05, 4.69) is 94.9 Å². The molecular formula is C38H48N4O2. The first-order valence-corrected chi connectivity index (χ1v) is 16.4. The van der Waals surface area contributed by atoms with Crippen LogP contribution in [0.4, 0.5) is 0 Å². The first-order valence-electron chi connectivity index (χ1n) is 16.4. The highest BCUT2D eigenvalue weighted by Gasteiger charge is 2.33. The van der Waals surface area contributed by atoms with Gasteiger partial charge in [0.25, 0.3) is 0 Å². The Kier molecular flexibility index (Phi) is 11.4. The summed E-state index contributed by atoms with van der Waals surface area (Å²) >= 11 is 0. The molecule has 0 spiro atoms. The molecule has 2 N–H and O–H groups in total. The van der Waals surface area contributed by atoms with E-state index in [0.29, 0.717) is 19.6 Å². The molecule has 0 saturated carbocycles. The quantitative estimate of drug-likeness (QED) is 0.281. The fourth-order valence-corrected chi connectivity index (χ4v) is 6.58. The van der Waals surface area contributed by atoms with E-state index < -0.39 is 0 Å². The minimum atomic E-state index is -0.278. The van der Waals surface area contributed by atoms with Gasteiger partial charge >= 0.3 is 0 Å². The van der Waals surface area contributed by atoms with E-state index in [9.17, 15) is 9.59 Å². The number of hydrogen-bond donors (Lipinski definition) is 2. The molecular weight excluding hydrogens is 544 g/mol. The van der Waals surface area contributed by atoms with Crippen LogP contribution in [0.3, 0.4) is 0 Å². The molecule has 0 radical (unpaired) electrons. The first kappa shape index (κ1) is 31.7. The normalized spacial score (nSPS) is 19.8. The lowest BCUT2D eigenvalue weighted by molar-refractivity contribution is -0.133. The predicted octanol–water partition coefficient (Wildman–Crippen LogP) is 5.70. The van der Waals surface area contributed by atoms with Gasteiger partial charge in [0, 0.05) is 44.2 Å². The minimum Gasteiger partial charge on any atom is -0.351 e. The highest BCUT2D eigenvalue weighted by atomic mass is 16.2. The summed E-state index contributed by atoms with van der Waals surface area (Å²) in [5, 5.41) is 6.78. The summed E-state index contributed by atoms with van der Waals surface area (Å²) in [6, 6.07) is 27.0. The largest absolute Gasteiger partial charge is 0.351 e. The van der Waals surface area contributed by atoms with E-state index in [-0.39, 0.29) is 29.8 Å². The van der Waals surface area contributed by atoms with Crippen LogP contribution in [0.2, 0.25) is 0 Å². The Morgan fingerprint density at radius 2 is 1.61 bits per heavy atom. The van der Waals surface area contributed by atoms with Gasteiger partial charge < -0.3 is 20.4 Å². The van der Waals surface area contributed by atoms with Crippen LogP contribution in [0.25, 0.3) is 6.08 Å². The second-order valence-corrected chi connectivity index (χ2v) is 12.5. The number of nitrogens with one attached hydrogen (secondary N) is 2. The third kappa shape index (κ3) is 8.90. The molecule has 44 heavy (non-hydrogen) atoms. The molecule has 3 aromatic rings. The van der Waals surface area contributed by atoms with E-state index in [4.69, 9.17) is 0 Å². The van der Waals surface area contributed by atoms with E-state index in [1.165, 1.54) is 36.0 Å². The summed E-state index contributed by atoms with van der Waals surface area (Å²) < 4.78 is 0. The Hall–Kier alpha value is -3.74. The molecule has 2 saturated heterocycles. The lowest BCUT2D eigenvalue weighted by Crippen LogP contribution is -2.50. The zero-order chi connectivity index (χ0) is 30.7. The number of nitrogens with zero attached hydrogens (tertiary/aromatic N) is 2. The summed E-state index contributed by atoms with van der Waals surface area (Å²) in [6.07, 6.45) is 8.81. The molecule has 2 aliphatic rings. The van der Waals surface area contributed by atoms with Crippen molar-refractivity contribution < 1.29 is 9.59 Å². The van der Waals surface area contributed by atoms with Gasteiger partial charge in [-0.1, -0.05) is 90.8 Å². The van der Waals surface area contributed by atoms with Crippen LogP contribution >= 0.6 is 0 Å². The van der Waals surface area contributed by atoms with Crippen LogP contribution in [0.15, 0.2) is 84.9 Å². The van der Waals surface area contributed by atoms with Gasteiger partial charge in [0.05, 0.1) is 6.04 Å². The minimum absolute atomic E-state index is 0.0145. The number of carbonyl (C=O) groups is 2. The van der Waals surface area contributed by atoms with Crippen LogP contribution in [-0.2, 0) is 9.59 Å². The molecule has 6 nitrogen and oxygen atoms in total. The number of likely N-dealkylation sites (tertiary alicyclic amines) is 1. The molecule has 2 atom stereocenters. The number of amides is 2. The molecule has 0 aliphatic carbocycles. The van der Waals surface area contributed by atoms with Gasteiger partial charge in [-0.2, -0.15) is 0 Å². The van der Waals surface area contributed by atoms with Gasteiger partial charge in [0.2, 0.25) is 11.8 Å². The van der Waals surface area contributed by atoms with Crippen molar-refractivity contribution >= 4 is 17.9 Å². The molecule has 2 heterocycles. The lowest BCUT2D eigenvalue weighted by atomic mass is 9.90. The molecule has 0 aromatic heterocycles. The van der Waals surface area contributed by atoms with E-state index in [1.807, 2.05) is 24.3 Å². The predicted molar refractivity (Wildman–Crippen MR) is 180 cm³/mol. The fraction of sp³-hybridized carbons (Fsp3) is 0.421. The topological polar surface area (TPSA) is 64.7 Å². The van der Waals surface area contributed by atoms with Crippen LogP contribution in [0.1, 0.15) is 65.8 Å². The van der Waals surface area contributed by atoms with Gasteiger partial charge in [-0.3, -0.25) is 9.59 Å². The van der Waals surface area contributed by atoms with Crippen LogP contribution in [0, 0.1) is 13.8 Å². The summed E-state index contributed by atoms with van der Waals surface area (Å²) in [5.41, 5.74) is 5.84. The number of aryl methyl sites for hydroxylation is 2. The van der Waals surface area contributed by atoms with Crippen LogP contribution < -0.4 is 10.6 Å². The average Bonchev–Trinajstić information content (AvgIpc) is 3.20. The number of carbonyl (C=O) groups excluding carboxylic acids is 2. The summed E-state index contributed by atoms with van der Waals surface area (Å²) in [4.78, 5) is 31.5. The van der Waals surface area contributed by atoms with Crippen molar-refractivity contribution in [2.24, 2.45) is 0 Å². The highest BCUT2D eigenvalue weighted by Crippen LogP contribution is 2.27. The molecule has 2 aliphatic heterocycles. The maximum atomic E-state index is 14.2. The number of hydrogen-bond acceptors (Lipinski definition) is 4. The Morgan fingerprint density at radius 1 is 0.932 bits per heavy atom. The SMILES string of the molecule is Cc1ccc(/C=C/C(=O)NC[C@@H]2CCN(CC(c3ccccc3)c3ccccc3)C(=O)[C@H](CCN3CCCCC3)N2)c(C)c1. The van der Waals surface area contributed by atoms with Gasteiger partial charge in [0.15, 0.2) is 0 Å². The van der Waals surface area contributed by atoms with Crippen LogP contribution in [-0.4, -0.2) is 73.0 Å². The zero-order valence-electron chi connectivity index (χ0n) is 26.4. The standard InChI is InChI=1S/C38H48N4O2/c1-29-16-17-31(30(2)26-29)18-19-37(43)39-27-34-20-25-42(38(44)36(40-34)21-24-41-22-10-5-11-23-41)28-35(32-12-6-3-7-13-32)33-14-8-4-9-15-33/h3-4,6-9,12-19,26,34-36,40H,5,10-11,20-25,27-28H2,1-2H3,(H,39,43)/b19-18+/t34-,36-/m0/s1. The third-order valence-corrected chi connectivity index (χ3v) is 9.15. The Labute approximate surface area is 263 Å². The van der Waals surface area contributed by atoms with Crippen LogP contribution in [0.5, 0.6) is 0 Å². The summed E-state index contributed by atoms with van der Waals surface area (Å²) in [5.74, 6) is 0.149. The van der Waals surface area contributed by atoms with Crippen molar-refractivity contribution in [1.82, 2.24) is 20.4 Å². The van der Waals surface area contributed by atoms with Gasteiger partial charge in [-0.15, -0.1) is 0 Å². The highest BCUT2D eigenvalue weighted by molar-refractivity contribution is 5.92. The lowest BCUT2D eigenvalue weighted by Gasteiger charge is -2.31. The average molecular weight is 593 g/mol. The molecule has 2 fully saturated rings. The maximum Gasteiger partial charge on any atom is 0.244 e. The molecule has 0 bridgehead atoms. The van der Waals surface area contributed by atoms with E-state index in [0.717, 1.165) is 43.6 Å². The van der Waals surface area contributed by atoms with Crippen molar-refractivity contribution in [2.75, 3.05) is 39.3 Å².